The summed E-state index contributed by atoms with van der Waals surface area (Å²) in [6.45, 7) is 0. The van der Waals surface area contributed by atoms with Gasteiger partial charge in [0.15, 0.2) is 0 Å². The Morgan fingerprint density at radius 2 is 1.12 bits per heavy atom. The minimum absolute atomic E-state index is 0.139. The summed E-state index contributed by atoms with van der Waals surface area (Å²) in [5.74, 6) is 0.895. The molecule has 0 spiro atoms. The molecule has 17 heavy (non-hydrogen) atoms. The minimum Gasteiger partial charge on any atom is -0.198 e. The van der Waals surface area contributed by atoms with E-state index in [1.807, 2.05) is 36.4 Å². The Balaban J connectivity index is 1.92. The molecule has 1 saturated carbocycles. The van der Waals surface area contributed by atoms with Crippen molar-refractivity contribution < 1.29 is 0 Å². The first-order valence-corrected chi connectivity index (χ1v) is 5.91. The second kappa shape index (κ2) is 4.07. The fourth-order valence-corrected chi connectivity index (χ4v) is 2.65. The summed E-state index contributed by atoms with van der Waals surface area (Å²) in [5.41, 5.74) is 2.57. The molecule has 2 atom stereocenters. The van der Waals surface area contributed by atoms with Gasteiger partial charge in [-0.15, -0.1) is 0 Å². The highest BCUT2D eigenvalue weighted by atomic mass is 14.5. The Labute approximate surface area is 101 Å². The Morgan fingerprint density at radius 1 is 0.706 bits per heavy atom. The molecule has 1 fully saturated rings. The predicted molar refractivity (Wildman–Crippen MR) is 67.5 cm³/mol. The third-order valence-corrected chi connectivity index (χ3v) is 3.54. The van der Waals surface area contributed by atoms with Crippen molar-refractivity contribution in [1.29, 1.82) is 5.26 Å². The molecule has 0 heterocycles. The van der Waals surface area contributed by atoms with Crippen LogP contribution >= 0.6 is 0 Å². The number of rotatable bonds is 2. The predicted octanol–water partition coefficient (Wildman–Crippen LogP) is 3.71. The topological polar surface area (TPSA) is 23.8 Å². The monoisotopic (exact) mass is 219 g/mol. The smallest absolute Gasteiger partial charge is 0.0669 e. The zero-order chi connectivity index (χ0) is 11.7. The summed E-state index contributed by atoms with van der Waals surface area (Å²) in [6.07, 6.45) is 0. The second-order valence-corrected chi connectivity index (χ2v) is 4.53. The molecule has 2 unspecified atom stereocenters. The van der Waals surface area contributed by atoms with Crippen LogP contribution in [0.2, 0.25) is 0 Å². The van der Waals surface area contributed by atoms with Crippen LogP contribution in [0.4, 0.5) is 0 Å². The van der Waals surface area contributed by atoms with Crippen LogP contribution in [0, 0.1) is 17.2 Å². The lowest BCUT2D eigenvalue weighted by atomic mass is 10.0. The van der Waals surface area contributed by atoms with E-state index in [0.29, 0.717) is 11.8 Å². The zero-order valence-electron chi connectivity index (χ0n) is 9.45. The molecule has 0 aromatic heterocycles. The van der Waals surface area contributed by atoms with Crippen LogP contribution in [0.15, 0.2) is 60.7 Å². The number of hydrogen-bond donors (Lipinski definition) is 0. The van der Waals surface area contributed by atoms with Gasteiger partial charge >= 0.3 is 0 Å². The van der Waals surface area contributed by atoms with Crippen molar-refractivity contribution in [3.63, 3.8) is 0 Å². The van der Waals surface area contributed by atoms with Gasteiger partial charge in [-0.25, -0.2) is 0 Å². The lowest BCUT2D eigenvalue weighted by Gasteiger charge is -1.99. The quantitative estimate of drug-likeness (QED) is 0.755. The molecule has 0 aliphatic heterocycles. The van der Waals surface area contributed by atoms with Gasteiger partial charge in [0, 0.05) is 11.8 Å². The van der Waals surface area contributed by atoms with Gasteiger partial charge in [-0.05, 0) is 11.1 Å². The van der Waals surface area contributed by atoms with Crippen molar-refractivity contribution in [2.45, 2.75) is 11.8 Å². The van der Waals surface area contributed by atoms with E-state index in [4.69, 9.17) is 0 Å². The molecule has 0 saturated heterocycles. The highest BCUT2D eigenvalue weighted by Crippen LogP contribution is 2.59. The molecule has 1 heteroatoms. The van der Waals surface area contributed by atoms with Gasteiger partial charge in [0.05, 0.1) is 12.0 Å². The molecule has 2 aromatic carbocycles. The van der Waals surface area contributed by atoms with Crippen LogP contribution in [0.5, 0.6) is 0 Å². The second-order valence-electron chi connectivity index (χ2n) is 4.53. The van der Waals surface area contributed by atoms with Crippen molar-refractivity contribution in [2.24, 2.45) is 5.92 Å². The molecule has 2 aromatic rings. The Kier molecular flexibility index (Phi) is 2.42. The summed E-state index contributed by atoms with van der Waals surface area (Å²) in [4.78, 5) is 0. The first-order valence-electron chi connectivity index (χ1n) is 5.91. The van der Waals surface area contributed by atoms with Crippen LogP contribution in [0.1, 0.15) is 23.0 Å². The molecule has 1 aliphatic carbocycles. The number of nitriles is 1. The van der Waals surface area contributed by atoms with Crippen LogP contribution in [0.3, 0.4) is 0 Å². The van der Waals surface area contributed by atoms with E-state index in [-0.39, 0.29) is 5.92 Å². The molecule has 1 nitrogen and oxygen atoms in total. The fourth-order valence-electron chi connectivity index (χ4n) is 2.65. The SMILES string of the molecule is N#CC1C(c2ccccc2)C1c1ccccc1. The average molecular weight is 219 g/mol. The molecule has 1 aliphatic rings. The highest BCUT2D eigenvalue weighted by molar-refractivity contribution is 5.42. The number of nitrogens with zero attached hydrogens (tertiary/aromatic N) is 1. The van der Waals surface area contributed by atoms with Crippen molar-refractivity contribution in [2.75, 3.05) is 0 Å². The van der Waals surface area contributed by atoms with Gasteiger partial charge in [0.1, 0.15) is 0 Å². The van der Waals surface area contributed by atoms with Gasteiger partial charge < -0.3 is 0 Å². The molecule has 0 N–H and O–H groups in total. The van der Waals surface area contributed by atoms with E-state index < -0.39 is 0 Å². The van der Waals surface area contributed by atoms with E-state index >= 15 is 0 Å². The van der Waals surface area contributed by atoms with Gasteiger partial charge in [0.25, 0.3) is 0 Å². The maximum absolute atomic E-state index is 9.22. The molecule has 0 radical (unpaired) electrons. The summed E-state index contributed by atoms with van der Waals surface area (Å²) >= 11 is 0. The Hall–Kier alpha value is -2.07. The number of hydrogen-bond acceptors (Lipinski definition) is 1. The van der Waals surface area contributed by atoms with Crippen molar-refractivity contribution in [3.05, 3.63) is 71.8 Å². The molecular formula is C16H13N. The molecule has 0 amide bonds. The number of benzene rings is 2. The van der Waals surface area contributed by atoms with E-state index in [9.17, 15) is 5.26 Å². The average Bonchev–Trinajstić information content (AvgIpc) is 3.15. The normalized spacial score (nSPS) is 26.2. The third kappa shape index (κ3) is 1.72. The Morgan fingerprint density at radius 3 is 1.47 bits per heavy atom. The van der Waals surface area contributed by atoms with Gasteiger partial charge in [-0.3, -0.25) is 0 Å². The first-order chi connectivity index (χ1) is 8.42. The molecule has 3 rings (SSSR count). The lowest BCUT2D eigenvalue weighted by molar-refractivity contribution is 1.02. The zero-order valence-corrected chi connectivity index (χ0v) is 9.45. The van der Waals surface area contributed by atoms with Crippen molar-refractivity contribution in [3.8, 4) is 6.07 Å². The van der Waals surface area contributed by atoms with Crippen LogP contribution in [-0.4, -0.2) is 0 Å². The highest BCUT2D eigenvalue weighted by Gasteiger charge is 2.51. The van der Waals surface area contributed by atoms with Crippen molar-refractivity contribution in [1.82, 2.24) is 0 Å². The molecule has 0 bridgehead atoms. The summed E-state index contributed by atoms with van der Waals surface area (Å²) < 4.78 is 0. The van der Waals surface area contributed by atoms with E-state index in [1.165, 1.54) is 11.1 Å². The van der Waals surface area contributed by atoms with Crippen LogP contribution in [-0.2, 0) is 0 Å². The van der Waals surface area contributed by atoms with E-state index in [1.54, 1.807) is 0 Å². The standard InChI is InChI=1S/C16H13N/c17-11-14-15(12-7-3-1-4-8-12)16(14)13-9-5-2-6-10-13/h1-10,14-16H. The largest absolute Gasteiger partial charge is 0.198 e. The van der Waals surface area contributed by atoms with Gasteiger partial charge in [0.2, 0.25) is 0 Å². The summed E-state index contributed by atoms with van der Waals surface area (Å²) in [5, 5.41) is 9.22. The Bertz CT molecular complexity index is 493. The summed E-state index contributed by atoms with van der Waals surface area (Å²) in [6, 6.07) is 23.1. The van der Waals surface area contributed by atoms with E-state index in [2.05, 4.69) is 30.3 Å². The molecular weight excluding hydrogens is 206 g/mol. The summed E-state index contributed by atoms with van der Waals surface area (Å²) in [7, 11) is 0. The third-order valence-electron chi connectivity index (χ3n) is 3.54. The fraction of sp³-hybridized carbons (Fsp3) is 0.188. The van der Waals surface area contributed by atoms with Gasteiger partial charge in [-0.2, -0.15) is 5.26 Å². The maximum Gasteiger partial charge on any atom is 0.0669 e. The van der Waals surface area contributed by atoms with Crippen LogP contribution in [0.25, 0.3) is 0 Å². The minimum atomic E-state index is 0.139. The maximum atomic E-state index is 9.22. The van der Waals surface area contributed by atoms with E-state index in [0.717, 1.165) is 0 Å². The lowest BCUT2D eigenvalue weighted by Crippen LogP contribution is -1.82. The first kappa shape index (κ1) is 10.1. The van der Waals surface area contributed by atoms with Crippen LogP contribution < -0.4 is 0 Å². The molecule has 82 valence electrons. The van der Waals surface area contributed by atoms with Crippen molar-refractivity contribution >= 4 is 0 Å². The van der Waals surface area contributed by atoms with Gasteiger partial charge in [-0.1, -0.05) is 60.7 Å².